The van der Waals surface area contributed by atoms with Crippen molar-refractivity contribution in [2.75, 3.05) is 0 Å². The molecule has 0 heterocycles. The Hall–Kier alpha value is -0.560. The average Bonchev–Trinajstić information content (AvgIpc) is 1.83. The van der Waals surface area contributed by atoms with E-state index < -0.39 is 0 Å². The first kappa shape index (κ1) is 6.56. The second-order valence-electron chi connectivity index (χ2n) is 2.66. The van der Waals surface area contributed by atoms with E-state index in [4.69, 9.17) is 5.73 Å². The SMILES string of the molecule is CC1=CC=CC(N)C1C. The van der Waals surface area contributed by atoms with Crippen LogP contribution in [0.2, 0.25) is 0 Å². The van der Waals surface area contributed by atoms with E-state index in [1.807, 2.05) is 12.2 Å². The van der Waals surface area contributed by atoms with Gasteiger partial charge in [-0.2, -0.15) is 0 Å². The molecule has 0 fully saturated rings. The number of allylic oxidation sites excluding steroid dienone is 2. The van der Waals surface area contributed by atoms with Crippen LogP contribution in [0.3, 0.4) is 0 Å². The second-order valence-corrected chi connectivity index (χ2v) is 2.66. The van der Waals surface area contributed by atoms with Crippen molar-refractivity contribution in [3.8, 4) is 0 Å². The highest BCUT2D eigenvalue weighted by atomic mass is 14.6. The fourth-order valence-electron chi connectivity index (χ4n) is 0.958. The minimum absolute atomic E-state index is 0.231. The van der Waals surface area contributed by atoms with Crippen LogP contribution in [0, 0.1) is 5.92 Å². The van der Waals surface area contributed by atoms with E-state index in [0.717, 1.165) is 0 Å². The van der Waals surface area contributed by atoms with Crippen LogP contribution in [0.25, 0.3) is 0 Å². The molecule has 1 aliphatic rings. The molecule has 0 saturated heterocycles. The normalized spacial score (nSPS) is 34.3. The lowest BCUT2D eigenvalue weighted by atomic mass is 9.91. The summed E-state index contributed by atoms with van der Waals surface area (Å²) >= 11 is 0. The zero-order chi connectivity index (χ0) is 6.85. The summed E-state index contributed by atoms with van der Waals surface area (Å²) in [5.74, 6) is 0.523. The van der Waals surface area contributed by atoms with Gasteiger partial charge in [-0.15, -0.1) is 0 Å². The number of rotatable bonds is 0. The third-order valence-corrected chi connectivity index (χ3v) is 1.99. The Bertz CT molecular complexity index is 156. The third kappa shape index (κ3) is 1.22. The maximum absolute atomic E-state index is 5.74. The zero-order valence-electron chi connectivity index (χ0n) is 5.96. The molecule has 0 amide bonds. The van der Waals surface area contributed by atoms with Crippen molar-refractivity contribution in [3.05, 3.63) is 23.8 Å². The standard InChI is InChI=1S/C8H13N/c1-6-4-3-5-8(9)7(6)2/h3-5,7-8H,9H2,1-2H3. The Morgan fingerprint density at radius 2 is 2.22 bits per heavy atom. The number of nitrogens with two attached hydrogens (primary N) is 1. The van der Waals surface area contributed by atoms with E-state index in [2.05, 4.69) is 19.9 Å². The quantitative estimate of drug-likeness (QED) is 0.518. The average molecular weight is 123 g/mol. The molecule has 0 spiro atoms. The van der Waals surface area contributed by atoms with Gasteiger partial charge in [0.25, 0.3) is 0 Å². The molecule has 0 radical (unpaired) electrons. The molecule has 2 N–H and O–H groups in total. The van der Waals surface area contributed by atoms with Gasteiger partial charge in [0.05, 0.1) is 0 Å². The van der Waals surface area contributed by atoms with Crippen molar-refractivity contribution in [1.29, 1.82) is 0 Å². The highest BCUT2D eigenvalue weighted by Crippen LogP contribution is 2.17. The summed E-state index contributed by atoms with van der Waals surface area (Å²) < 4.78 is 0. The number of hydrogen-bond acceptors (Lipinski definition) is 1. The molecule has 9 heavy (non-hydrogen) atoms. The van der Waals surface area contributed by atoms with Crippen molar-refractivity contribution in [2.45, 2.75) is 19.9 Å². The minimum Gasteiger partial charge on any atom is -0.324 e. The van der Waals surface area contributed by atoms with Gasteiger partial charge in [0.15, 0.2) is 0 Å². The van der Waals surface area contributed by atoms with Gasteiger partial charge in [0, 0.05) is 6.04 Å². The van der Waals surface area contributed by atoms with Gasteiger partial charge in [-0.25, -0.2) is 0 Å². The molecule has 0 aromatic carbocycles. The molecule has 1 heteroatoms. The molecule has 2 atom stereocenters. The van der Waals surface area contributed by atoms with Crippen LogP contribution in [-0.2, 0) is 0 Å². The fraction of sp³-hybridized carbons (Fsp3) is 0.500. The fourth-order valence-corrected chi connectivity index (χ4v) is 0.958. The van der Waals surface area contributed by atoms with Crippen molar-refractivity contribution in [2.24, 2.45) is 11.7 Å². The first-order chi connectivity index (χ1) is 4.22. The summed E-state index contributed by atoms with van der Waals surface area (Å²) in [7, 11) is 0. The Balaban J connectivity index is 2.73. The van der Waals surface area contributed by atoms with Crippen molar-refractivity contribution >= 4 is 0 Å². The van der Waals surface area contributed by atoms with Crippen LogP contribution >= 0.6 is 0 Å². The van der Waals surface area contributed by atoms with Crippen LogP contribution < -0.4 is 5.73 Å². The van der Waals surface area contributed by atoms with E-state index in [-0.39, 0.29) is 6.04 Å². The van der Waals surface area contributed by atoms with Crippen molar-refractivity contribution in [3.63, 3.8) is 0 Å². The lowest BCUT2D eigenvalue weighted by molar-refractivity contribution is 0.590. The van der Waals surface area contributed by atoms with E-state index in [1.165, 1.54) is 5.57 Å². The summed E-state index contributed by atoms with van der Waals surface area (Å²) in [4.78, 5) is 0. The van der Waals surface area contributed by atoms with Gasteiger partial charge >= 0.3 is 0 Å². The summed E-state index contributed by atoms with van der Waals surface area (Å²) in [6.45, 7) is 4.27. The molecule has 1 rings (SSSR count). The van der Waals surface area contributed by atoms with E-state index in [0.29, 0.717) is 5.92 Å². The first-order valence-electron chi connectivity index (χ1n) is 3.32. The molecule has 2 unspecified atom stereocenters. The van der Waals surface area contributed by atoms with Gasteiger partial charge in [-0.3, -0.25) is 0 Å². The molecule has 0 aromatic rings. The maximum atomic E-state index is 5.74. The Kier molecular flexibility index (Phi) is 1.72. The van der Waals surface area contributed by atoms with Crippen LogP contribution in [0.5, 0.6) is 0 Å². The smallest absolute Gasteiger partial charge is 0.0290 e. The Morgan fingerprint density at radius 3 is 2.67 bits per heavy atom. The molecule has 0 saturated carbocycles. The summed E-state index contributed by atoms with van der Waals surface area (Å²) in [5.41, 5.74) is 7.12. The molecular formula is C8H13N. The van der Waals surface area contributed by atoms with E-state index >= 15 is 0 Å². The van der Waals surface area contributed by atoms with Crippen LogP contribution in [0.4, 0.5) is 0 Å². The molecule has 0 aliphatic heterocycles. The first-order valence-corrected chi connectivity index (χ1v) is 3.32. The van der Waals surface area contributed by atoms with Crippen LogP contribution in [0.15, 0.2) is 23.8 Å². The summed E-state index contributed by atoms with van der Waals surface area (Å²) in [6.07, 6.45) is 6.19. The lowest BCUT2D eigenvalue weighted by Crippen LogP contribution is -2.27. The molecule has 1 nitrogen and oxygen atoms in total. The lowest BCUT2D eigenvalue weighted by Gasteiger charge is -2.19. The highest BCUT2D eigenvalue weighted by Gasteiger charge is 2.12. The zero-order valence-corrected chi connectivity index (χ0v) is 5.96. The monoisotopic (exact) mass is 123 g/mol. The molecule has 50 valence electrons. The molecule has 1 aliphatic carbocycles. The van der Waals surface area contributed by atoms with E-state index in [9.17, 15) is 0 Å². The van der Waals surface area contributed by atoms with Gasteiger partial charge in [0.2, 0.25) is 0 Å². The third-order valence-electron chi connectivity index (χ3n) is 1.99. The maximum Gasteiger partial charge on any atom is 0.0290 e. The molecule has 0 aromatic heterocycles. The van der Waals surface area contributed by atoms with Crippen LogP contribution in [-0.4, -0.2) is 6.04 Å². The van der Waals surface area contributed by atoms with Crippen molar-refractivity contribution < 1.29 is 0 Å². The second kappa shape index (κ2) is 2.36. The topological polar surface area (TPSA) is 26.0 Å². The minimum atomic E-state index is 0.231. The molecular weight excluding hydrogens is 110 g/mol. The largest absolute Gasteiger partial charge is 0.324 e. The van der Waals surface area contributed by atoms with Gasteiger partial charge in [-0.05, 0) is 12.8 Å². The number of hydrogen-bond donors (Lipinski definition) is 1. The highest BCUT2D eigenvalue weighted by molar-refractivity contribution is 5.22. The van der Waals surface area contributed by atoms with Crippen LogP contribution in [0.1, 0.15) is 13.8 Å². The van der Waals surface area contributed by atoms with Gasteiger partial charge < -0.3 is 5.73 Å². The molecule has 0 bridgehead atoms. The summed E-state index contributed by atoms with van der Waals surface area (Å²) in [6, 6.07) is 0.231. The van der Waals surface area contributed by atoms with Crippen molar-refractivity contribution in [1.82, 2.24) is 0 Å². The predicted molar refractivity (Wildman–Crippen MR) is 40.0 cm³/mol. The van der Waals surface area contributed by atoms with Gasteiger partial charge in [0.1, 0.15) is 0 Å². The van der Waals surface area contributed by atoms with E-state index in [1.54, 1.807) is 0 Å². The predicted octanol–water partition coefficient (Wildman–Crippen LogP) is 1.47. The Morgan fingerprint density at radius 1 is 1.56 bits per heavy atom. The Labute approximate surface area is 56.2 Å². The van der Waals surface area contributed by atoms with Gasteiger partial charge in [-0.1, -0.05) is 30.7 Å². The summed E-state index contributed by atoms with van der Waals surface area (Å²) in [5, 5.41) is 0.